The Bertz CT molecular complexity index is 531. The first kappa shape index (κ1) is 15.3. The molecular weight excluding hydrogens is 297 g/mol. The Labute approximate surface area is 128 Å². The van der Waals surface area contributed by atoms with Crippen LogP contribution in [-0.2, 0) is 6.54 Å². The van der Waals surface area contributed by atoms with Crippen molar-refractivity contribution in [1.82, 2.24) is 14.9 Å². The highest BCUT2D eigenvalue weighted by molar-refractivity contribution is 6.35. The van der Waals surface area contributed by atoms with Gasteiger partial charge in [-0.15, -0.1) is 0 Å². The quantitative estimate of drug-likeness (QED) is 0.773. The molecule has 4 nitrogen and oxygen atoms in total. The van der Waals surface area contributed by atoms with Crippen LogP contribution in [0.2, 0.25) is 10.0 Å². The van der Waals surface area contributed by atoms with E-state index >= 15 is 0 Å². The molecule has 0 unspecified atom stereocenters. The zero-order valence-electron chi connectivity index (χ0n) is 11.0. The smallest absolute Gasteiger partial charge is 0.0946 e. The molecule has 2 rings (SSSR count). The van der Waals surface area contributed by atoms with E-state index in [9.17, 15) is 0 Å². The van der Waals surface area contributed by atoms with Gasteiger partial charge < -0.3 is 15.0 Å². The van der Waals surface area contributed by atoms with Crippen molar-refractivity contribution in [3.8, 4) is 0 Å². The van der Waals surface area contributed by atoms with Crippen LogP contribution in [0.25, 0.3) is 0 Å². The van der Waals surface area contributed by atoms with E-state index in [1.54, 1.807) is 18.6 Å². The van der Waals surface area contributed by atoms with Gasteiger partial charge in [-0.3, -0.25) is 0 Å². The average Bonchev–Trinajstić information content (AvgIpc) is 2.91. The van der Waals surface area contributed by atoms with Crippen LogP contribution < -0.4 is 5.32 Å². The van der Waals surface area contributed by atoms with Gasteiger partial charge in [-0.25, -0.2) is 4.98 Å². The number of aliphatic hydroxyl groups is 1. The van der Waals surface area contributed by atoms with Crippen molar-refractivity contribution in [2.75, 3.05) is 13.2 Å². The van der Waals surface area contributed by atoms with Gasteiger partial charge in [0.15, 0.2) is 0 Å². The Kier molecular flexibility index (Phi) is 5.86. The predicted octanol–water partition coefficient (Wildman–Crippen LogP) is 2.90. The molecule has 1 aromatic heterocycles. The normalized spacial score (nSPS) is 12.6. The minimum absolute atomic E-state index is 0.0421. The molecule has 0 radical (unpaired) electrons. The van der Waals surface area contributed by atoms with Crippen LogP contribution in [0.4, 0.5) is 0 Å². The summed E-state index contributed by atoms with van der Waals surface area (Å²) < 4.78 is 1.99. The van der Waals surface area contributed by atoms with Crippen LogP contribution in [0.1, 0.15) is 18.0 Å². The first-order valence-electron chi connectivity index (χ1n) is 6.45. The monoisotopic (exact) mass is 313 g/mol. The van der Waals surface area contributed by atoms with Crippen LogP contribution in [-0.4, -0.2) is 27.8 Å². The first-order chi connectivity index (χ1) is 9.70. The Hall–Kier alpha value is -1.07. The fourth-order valence-corrected chi connectivity index (χ4v) is 2.56. The lowest BCUT2D eigenvalue weighted by molar-refractivity contribution is 0.281. The maximum Gasteiger partial charge on any atom is 0.0946 e. The molecule has 0 fully saturated rings. The van der Waals surface area contributed by atoms with E-state index in [0.29, 0.717) is 23.0 Å². The minimum Gasteiger partial charge on any atom is -0.396 e. The summed E-state index contributed by atoms with van der Waals surface area (Å²) in [6.45, 7) is 1.60. The molecule has 0 amide bonds. The van der Waals surface area contributed by atoms with E-state index < -0.39 is 0 Å². The topological polar surface area (TPSA) is 50.1 Å². The van der Waals surface area contributed by atoms with Gasteiger partial charge in [0.2, 0.25) is 0 Å². The second kappa shape index (κ2) is 7.64. The third kappa shape index (κ3) is 4.21. The molecule has 0 aliphatic rings. The summed E-state index contributed by atoms with van der Waals surface area (Å²) in [5, 5.41) is 13.6. The summed E-state index contributed by atoms with van der Waals surface area (Å²) in [7, 11) is 0. The molecule has 0 saturated carbocycles. The summed E-state index contributed by atoms with van der Waals surface area (Å²) in [6, 6.07) is 5.54. The molecule has 0 aliphatic carbocycles. The largest absolute Gasteiger partial charge is 0.396 e. The summed E-state index contributed by atoms with van der Waals surface area (Å²) in [6.07, 6.45) is 6.12. The van der Waals surface area contributed by atoms with Gasteiger partial charge >= 0.3 is 0 Å². The standard InChI is InChI=1S/C14H17Cl2N3O/c15-11-2-3-12(13(16)8-11)14(18-4-1-7-20)9-19-6-5-17-10-19/h2-3,5-6,8,10,14,18,20H,1,4,7,9H2/t14-/m1/s1. The number of aliphatic hydroxyl groups excluding tert-OH is 1. The Morgan fingerprint density at radius 3 is 2.85 bits per heavy atom. The molecule has 0 spiro atoms. The molecule has 0 bridgehead atoms. The third-order valence-corrected chi connectivity index (χ3v) is 3.58. The van der Waals surface area contributed by atoms with Crippen molar-refractivity contribution in [1.29, 1.82) is 0 Å². The number of nitrogens with one attached hydrogen (secondary N) is 1. The number of benzene rings is 1. The molecule has 1 heterocycles. The number of rotatable bonds is 7. The highest BCUT2D eigenvalue weighted by Crippen LogP contribution is 2.27. The van der Waals surface area contributed by atoms with Gasteiger partial charge in [0, 0.05) is 35.6 Å². The molecule has 0 saturated heterocycles. The lowest BCUT2D eigenvalue weighted by Gasteiger charge is -2.21. The first-order valence-corrected chi connectivity index (χ1v) is 7.21. The lowest BCUT2D eigenvalue weighted by Crippen LogP contribution is -2.27. The van der Waals surface area contributed by atoms with Gasteiger partial charge in [0.05, 0.1) is 12.4 Å². The van der Waals surface area contributed by atoms with Gasteiger partial charge in [0.1, 0.15) is 0 Å². The number of halogens is 2. The summed E-state index contributed by atoms with van der Waals surface area (Å²) in [5.74, 6) is 0. The second-order valence-corrected chi connectivity index (χ2v) is 5.35. The van der Waals surface area contributed by atoms with Crippen LogP contribution in [0, 0.1) is 0 Å². The van der Waals surface area contributed by atoms with Crippen molar-refractivity contribution in [2.45, 2.75) is 19.0 Å². The highest BCUT2D eigenvalue weighted by atomic mass is 35.5. The van der Waals surface area contributed by atoms with Gasteiger partial charge in [0.25, 0.3) is 0 Å². The van der Waals surface area contributed by atoms with Crippen molar-refractivity contribution in [3.05, 3.63) is 52.5 Å². The van der Waals surface area contributed by atoms with Crippen LogP contribution in [0.15, 0.2) is 36.9 Å². The maximum atomic E-state index is 8.90. The number of aromatic nitrogens is 2. The number of nitrogens with zero attached hydrogens (tertiary/aromatic N) is 2. The molecule has 2 N–H and O–H groups in total. The van der Waals surface area contributed by atoms with Crippen molar-refractivity contribution in [2.24, 2.45) is 0 Å². The molecule has 108 valence electrons. The summed E-state index contributed by atoms with van der Waals surface area (Å²) >= 11 is 12.2. The van der Waals surface area contributed by atoms with E-state index in [1.165, 1.54) is 0 Å². The van der Waals surface area contributed by atoms with Crippen LogP contribution >= 0.6 is 23.2 Å². The zero-order valence-corrected chi connectivity index (χ0v) is 12.5. The van der Waals surface area contributed by atoms with Crippen LogP contribution in [0.3, 0.4) is 0 Å². The Morgan fingerprint density at radius 2 is 2.20 bits per heavy atom. The number of imidazole rings is 1. The third-order valence-electron chi connectivity index (χ3n) is 3.02. The summed E-state index contributed by atoms with van der Waals surface area (Å²) in [4.78, 5) is 4.04. The van der Waals surface area contributed by atoms with Gasteiger partial charge in [-0.2, -0.15) is 0 Å². The van der Waals surface area contributed by atoms with Crippen molar-refractivity contribution < 1.29 is 5.11 Å². The second-order valence-electron chi connectivity index (χ2n) is 4.51. The van der Waals surface area contributed by atoms with E-state index in [0.717, 1.165) is 12.1 Å². The zero-order chi connectivity index (χ0) is 14.4. The molecular formula is C14H17Cl2N3O. The molecule has 20 heavy (non-hydrogen) atoms. The fourth-order valence-electron chi connectivity index (χ4n) is 2.02. The molecule has 1 atom stereocenters. The van der Waals surface area contributed by atoms with E-state index in [1.807, 2.05) is 22.9 Å². The molecule has 1 aromatic carbocycles. The fraction of sp³-hybridized carbons (Fsp3) is 0.357. The van der Waals surface area contributed by atoms with E-state index in [4.69, 9.17) is 28.3 Å². The van der Waals surface area contributed by atoms with Crippen LogP contribution in [0.5, 0.6) is 0 Å². The van der Waals surface area contributed by atoms with Gasteiger partial charge in [-0.1, -0.05) is 29.3 Å². The Balaban J connectivity index is 2.15. The highest BCUT2D eigenvalue weighted by Gasteiger charge is 2.15. The maximum absolute atomic E-state index is 8.90. The van der Waals surface area contributed by atoms with E-state index in [2.05, 4.69) is 10.3 Å². The van der Waals surface area contributed by atoms with Gasteiger partial charge in [-0.05, 0) is 30.7 Å². The average molecular weight is 314 g/mol. The van der Waals surface area contributed by atoms with E-state index in [-0.39, 0.29) is 12.6 Å². The van der Waals surface area contributed by atoms with Crippen molar-refractivity contribution in [3.63, 3.8) is 0 Å². The lowest BCUT2D eigenvalue weighted by atomic mass is 10.1. The number of hydrogen-bond acceptors (Lipinski definition) is 3. The molecule has 2 aromatic rings. The minimum atomic E-state index is 0.0421. The summed E-state index contributed by atoms with van der Waals surface area (Å²) in [5.41, 5.74) is 0.989. The molecule has 0 aliphatic heterocycles. The Morgan fingerprint density at radius 1 is 1.35 bits per heavy atom. The SMILES string of the molecule is OCCCN[C@H](Cn1ccnc1)c1ccc(Cl)cc1Cl. The molecule has 6 heteroatoms. The number of hydrogen-bond donors (Lipinski definition) is 2. The predicted molar refractivity (Wildman–Crippen MR) is 81.1 cm³/mol. The van der Waals surface area contributed by atoms with Crippen molar-refractivity contribution >= 4 is 23.2 Å².